The van der Waals surface area contributed by atoms with Crippen molar-refractivity contribution in [1.82, 2.24) is 24.8 Å². The quantitative estimate of drug-likeness (QED) is 0.416. The number of hydrogen-bond acceptors (Lipinski definition) is 6. The highest BCUT2D eigenvalue weighted by molar-refractivity contribution is 5.79. The van der Waals surface area contributed by atoms with E-state index in [9.17, 15) is 8.78 Å². The molecule has 6 nitrogen and oxygen atoms in total. The number of nitrogens with zero attached hydrogens (tertiary/aromatic N) is 5. The summed E-state index contributed by atoms with van der Waals surface area (Å²) in [6.07, 6.45) is 2.99. The summed E-state index contributed by atoms with van der Waals surface area (Å²) in [4.78, 5) is 10.1. The molecule has 1 atom stereocenters. The molecular weight excluding hydrogens is 460 g/mol. The van der Waals surface area contributed by atoms with Gasteiger partial charge in [0.15, 0.2) is 5.58 Å². The zero-order valence-electron chi connectivity index (χ0n) is 21.2. The van der Waals surface area contributed by atoms with E-state index in [1.807, 2.05) is 12.1 Å². The lowest BCUT2D eigenvalue weighted by atomic mass is 10.0. The van der Waals surface area contributed by atoms with Gasteiger partial charge in [0.25, 0.3) is 0 Å². The number of piperazine rings is 2. The summed E-state index contributed by atoms with van der Waals surface area (Å²) in [7, 11) is 2.18. The van der Waals surface area contributed by atoms with Gasteiger partial charge in [0.2, 0.25) is 0 Å². The summed E-state index contributed by atoms with van der Waals surface area (Å²) in [6, 6.07) is 12.0. The Hall–Kier alpha value is -2.39. The fourth-order valence-corrected chi connectivity index (χ4v) is 5.46. The van der Waals surface area contributed by atoms with Crippen LogP contribution in [0.25, 0.3) is 11.0 Å². The molecular formula is C28H37F2N5O. The Morgan fingerprint density at radius 3 is 2.28 bits per heavy atom. The second kappa shape index (κ2) is 11.8. The summed E-state index contributed by atoms with van der Waals surface area (Å²) in [5.74, 6) is -0.466. The SMILES string of the molecule is CN1CCN(C(CN2CCN(CCCCc3noc4cc(F)ccc34)CC2)c2ccc(F)cc2)CC1. The molecule has 5 rings (SSSR count). The number of benzene rings is 2. The molecule has 1 unspecified atom stereocenters. The second-order valence-corrected chi connectivity index (χ2v) is 10.3. The van der Waals surface area contributed by atoms with Gasteiger partial charge in [-0.15, -0.1) is 0 Å². The van der Waals surface area contributed by atoms with Crippen LogP contribution in [0, 0.1) is 11.6 Å². The van der Waals surface area contributed by atoms with Crippen molar-refractivity contribution in [2.45, 2.75) is 25.3 Å². The van der Waals surface area contributed by atoms with Crippen LogP contribution in [0.1, 0.15) is 30.1 Å². The first kappa shape index (κ1) is 25.3. The van der Waals surface area contributed by atoms with Gasteiger partial charge in [0, 0.05) is 76.4 Å². The molecule has 0 aliphatic carbocycles. The molecule has 8 heteroatoms. The van der Waals surface area contributed by atoms with Crippen LogP contribution >= 0.6 is 0 Å². The van der Waals surface area contributed by atoms with Crippen molar-refractivity contribution < 1.29 is 13.3 Å². The summed E-state index contributed by atoms with van der Waals surface area (Å²) >= 11 is 0. The van der Waals surface area contributed by atoms with E-state index in [0.717, 1.165) is 95.8 Å². The summed E-state index contributed by atoms with van der Waals surface area (Å²) < 4.78 is 32.2. The first-order valence-corrected chi connectivity index (χ1v) is 13.2. The Kier molecular flexibility index (Phi) is 8.26. The van der Waals surface area contributed by atoms with Gasteiger partial charge in [0.05, 0.1) is 5.69 Å². The molecule has 0 radical (unpaired) electrons. The first-order chi connectivity index (χ1) is 17.5. The van der Waals surface area contributed by atoms with Gasteiger partial charge >= 0.3 is 0 Å². The van der Waals surface area contributed by atoms with E-state index in [2.05, 4.69) is 31.8 Å². The molecule has 2 saturated heterocycles. The highest BCUT2D eigenvalue weighted by atomic mass is 19.1. The molecule has 0 spiro atoms. The predicted octanol–water partition coefficient (Wildman–Crippen LogP) is 4.04. The van der Waals surface area contributed by atoms with E-state index in [-0.39, 0.29) is 11.6 Å². The molecule has 0 N–H and O–H groups in total. The molecule has 2 aliphatic rings. The van der Waals surface area contributed by atoms with E-state index >= 15 is 0 Å². The van der Waals surface area contributed by atoms with Crippen molar-refractivity contribution >= 4 is 11.0 Å². The normalized spacial score (nSPS) is 19.8. The van der Waals surface area contributed by atoms with Gasteiger partial charge in [-0.1, -0.05) is 17.3 Å². The van der Waals surface area contributed by atoms with E-state index in [1.54, 1.807) is 18.2 Å². The van der Waals surface area contributed by atoms with Crippen LogP contribution in [-0.2, 0) is 6.42 Å². The highest BCUT2D eigenvalue weighted by Crippen LogP contribution is 2.25. The third-order valence-corrected chi connectivity index (χ3v) is 7.78. The molecule has 3 aromatic rings. The molecule has 36 heavy (non-hydrogen) atoms. The summed E-state index contributed by atoms with van der Waals surface area (Å²) in [5.41, 5.74) is 2.66. The van der Waals surface area contributed by atoms with Crippen LogP contribution in [0.2, 0.25) is 0 Å². The number of likely N-dealkylation sites (N-methyl/N-ethyl adjacent to an activating group) is 1. The predicted molar refractivity (Wildman–Crippen MR) is 138 cm³/mol. The fourth-order valence-electron chi connectivity index (χ4n) is 5.46. The van der Waals surface area contributed by atoms with Crippen molar-refractivity contribution in [2.75, 3.05) is 72.5 Å². The average molecular weight is 498 g/mol. The van der Waals surface area contributed by atoms with Crippen LogP contribution in [0.3, 0.4) is 0 Å². The number of hydrogen-bond donors (Lipinski definition) is 0. The minimum atomic E-state index is -0.295. The maximum atomic E-state index is 13.6. The lowest BCUT2D eigenvalue weighted by Crippen LogP contribution is -2.52. The lowest BCUT2D eigenvalue weighted by molar-refractivity contribution is 0.0635. The Labute approximate surface area is 212 Å². The summed E-state index contributed by atoms with van der Waals surface area (Å²) in [5, 5.41) is 5.06. The molecule has 194 valence electrons. The van der Waals surface area contributed by atoms with E-state index in [0.29, 0.717) is 11.6 Å². The van der Waals surface area contributed by atoms with Crippen LogP contribution in [-0.4, -0.2) is 97.3 Å². The van der Waals surface area contributed by atoms with Crippen molar-refractivity contribution in [2.24, 2.45) is 0 Å². The molecule has 3 heterocycles. The smallest absolute Gasteiger partial charge is 0.170 e. The van der Waals surface area contributed by atoms with Crippen LogP contribution in [0.4, 0.5) is 8.78 Å². The van der Waals surface area contributed by atoms with Crippen molar-refractivity contribution in [3.05, 3.63) is 65.4 Å². The average Bonchev–Trinajstić information content (AvgIpc) is 3.29. The molecule has 0 bridgehead atoms. The number of fused-ring (bicyclic) bond motifs is 1. The monoisotopic (exact) mass is 497 g/mol. The number of unbranched alkanes of at least 4 members (excludes halogenated alkanes) is 1. The topological polar surface area (TPSA) is 39.0 Å². The molecule has 2 aromatic carbocycles. The van der Waals surface area contributed by atoms with E-state index in [4.69, 9.17) is 4.52 Å². The third kappa shape index (κ3) is 6.29. The third-order valence-electron chi connectivity index (χ3n) is 7.78. The van der Waals surface area contributed by atoms with Crippen LogP contribution < -0.4 is 0 Å². The van der Waals surface area contributed by atoms with Crippen molar-refractivity contribution in [3.8, 4) is 0 Å². The maximum Gasteiger partial charge on any atom is 0.170 e. The number of halogens is 2. The number of aromatic nitrogens is 1. The Bertz CT molecular complexity index is 1100. The van der Waals surface area contributed by atoms with E-state index in [1.165, 1.54) is 17.7 Å². The molecule has 0 amide bonds. The zero-order valence-corrected chi connectivity index (χ0v) is 21.2. The van der Waals surface area contributed by atoms with Gasteiger partial charge in [0.1, 0.15) is 11.6 Å². The minimum Gasteiger partial charge on any atom is -0.356 e. The molecule has 0 saturated carbocycles. The van der Waals surface area contributed by atoms with Gasteiger partial charge in [-0.05, 0) is 62.7 Å². The maximum absolute atomic E-state index is 13.6. The zero-order chi connectivity index (χ0) is 24.9. The second-order valence-electron chi connectivity index (χ2n) is 10.3. The Balaban J connectivity index is 1.08. The lowest BCUT2D eigenvalue weighted by Gasteiger charge is -2.42. The highest BCUT2D eigenvalue weighted by Gasteiger charge is 2.27. The van der Waals surface area contributed by atoms with Gasteiger partial charge in [-0.25, -0.2) is 8.78 Å². The summed E-state index contributed by atoms with van der Waals surface area (Å²) in [6.45, 7) is 10.6. The van der Waals surface area contributed by atoms with E-state index < -0.39 is 0 Å². The number of aryl methyl sites for hydroxylation is 1. The molecule has 1 aromatic heterocycles. The Morgan fingerprint density at radius 1 is 0.833 bits per heavy atom. The fraction of sp³-hybridized carbons (Fsp3) is 0.536. The first-order valence-electron chi connectivity index (χ1n) is 13.2. The van der Waals surface area contributed by atoms with Crippen molar-refractivity contribution in [1.29, 1.82) is 0 Å². The van der Waals surface area contributed by atoms with Gasteiger partial charge in [-0.2, -0.15) is 0 Å². The van der Waals surface area contributed by atoms with Gasteiger partial charge in [-0.3, -0.25) is 9.80 Å². The van der Waals surface area contributed by atoms with Gasteiger partial charge < -0.3 is 14.3 Å². The molecule has 2 fully saturated rings. The molecule has 2 aliphatic heterocycles. The largest absolute Gasteiger partial charge is 0.356 e. The van der Waals surface area contributed by atoms with Crippen molar-refractivity contribution in [3.63, 3.8) is 0 Å². The van der Waals surface area contributed by atoms with Crippen LogP contribution in [0.5, 0.6) is 0 Å². The minimum absolute atomic E-state index is 0.171. The number of rotatable bonds is 9. The van der Waals surface area contributed by atoms with Crippen LogP contribution in [0.15, 0.2) is 47.0 Å². The standard InChI is InChI=1S/C28H37F2N5O/c1-32-12-18-35(19-13-32)27(22-5-7-23(29)8-6-22)21-34-16-14-33(15-17-34)11-3-2-4-26-25-10-9-24(30)20-28(25)36-31-26/h5-10,20,27H,2-4,11-19,21H2,1H3. The Morgan fingerprint density at radius 2 is 1.53 bits per heavy atom.